The van der Waals surface area contributed by atoms with Gasteiger partial charge in [0.15, 0.2) is 0 Å². The van der Waals surface area contributed by atoms with Gasteiger partial charge in [0.25, 0.3) is 0 Å². The minimum absolute atomic E-state index is 0.402. The molecule has 4 nitrogen and oxygen atoms in total. The van der Waals surface area contributed by atoms with E-state index in [1.54, 1.807) is 6.07 Å². The van der Waals surface area contributed by atoms with Crippen molar-refractivity contribution in [3.63, 3.8) is 0 Å². The molecular formula is C12H22N2O2S2. The van der Waals surface area contributed by atoms with Gasteiger partial charge in [-0.2, -0.15) is 0 Å². The normalized spacial score (nSPS) is 12.2. The van der Waals surface area contributed by atoms with Crippen molar-refractivity contribution in [1.29, 1.82) is 0 Å². The average molecular weight is 290 g/mol. The van der Waals surface area contributed by atoms with E-state index in [1.807, 2.05) is 12.4 Å². The third-order valence-corrected chi connectivity index (χ3v) is 5.90. The van der Waals surface area contributed by atoms with Crippen LogP contribution in [0.5, 0.6) is 0 Å². The molecule has 6 heteroatoms. The van der Waals surface area contributed by atoms with E-state index in [0.717, 1.165) is 18.4 Å². The Morgan fingerprint density at radius 2 is 2.00 bits per heavy atom. The van der Waals surface area contributed by atoms with Crippen molar-refractivity contribution >= 4 is 21.4 Å². The minimum Gasteiger partial charge on any atom is -0.316 e. The standard InChI is InChI=1S/C12H22N2O2S2/c1-4-10(5-2)8-14-18(15,16)12-6-11(7-13-3)9-17-12/h6,9-10,13-14H,4-5,7-8H2,1-3H3. The van der Waals surface area contributed by atoms with Crippen LogP contribution >= 0.6 is 11.3 Å². The molecule has 0 radical (unpaired) electrons. The zero-order chi connectivity index (χ0) is 13.6. The molecule has 0 saturated heterocycles. The third kappa shape index (κ3) is 4.35. The van der Waals surface area contributed by atoms with Gasteiger partial charge in [0.1, 0.15) is 4.21 Å². The Labute approximate surface area is 114 Å². The van der Waals surface area contributed by atoms with Gasteiger partial charge >= 0.3 is 0 Å². The fraction of sp³-hybridized carbons (Fsp3) is 0.667. The smallest absolute Gasteiger partial charge is 0.250 e. The van der Waals surface area contributed by atoms with Gasteiger partial charge in [-0.25, -0.2) is 13.1 Å². The van der Waals surface area contributed by atoms with Crippen LogP contribution in [0.2, 0.25) is 0 Å². The summed E-state index contributed by atoms with van der Waals surface area (Å²) in [6.45, 7) is 5.38. The lowest BCUT2D eigenvalue weighted by Crippen LogP contribution is -2.28. The van der Waals surface area contributed by atoms with Gasteiger partial charge in [-0.05, 0) is 30.0 Å². The van der Waals surface area contributed by atoms with Crippen molar-refractivity contribution in [2.45, 2.75) is 37.4 Å². The van der Waals surface area contributed by atoms with Gasteiger partial charge in [0.2, 0.25) is 10.0 Å². The molecule has 0 atom stereocenters. The highest BCUT2D eigenvalue weighted by Crippen LogP contribution is 2.20. The highest BCUT2D eigenvalue weighted by molar-refractivity contribution is 7.91. The van der Waals surface area contributed by atoms with Gasteiger partial charge in [-0.15, -0.1) is 11.3 Å². The van der Waals surface area contributed by atoms with Crippen LogP contribution < -0.4 is 10.0 Å². The van der Waals surface area contributed by atoms with Crippen LogP contribution in [-0.4, -0.2) is 22.0 Å². The molecule has 1 aromatic rings. The Morgan fingerprint density at radius 1 is 1.33 bits per heavy atom. The molecule has 0 aliphatic carbocycles. The molecule has 1 aromatic heterocycles. The van der Waals surface area contributed by atoms with E-state index in [2.05, 4.69) is 23.9 Å². The van der Waals surface area contributed by atoms with Gasteiger partial charge in [0.05, 0.1) is 0 Å². The van der Waals surface area contributed by atoms with Crippen molar-refractivity contribution in [2.24, 2.45) is 5.92 Å². The molecule has 0 spiro atoms. The van der Waals surface area contributed by atoms with Crippen LogP contribution in [0.3, 0.4) is 0 Å². The molecule has 0 aromatic carbocycles. The van der Waals surface area contributed by atoms with E-state index in [4.69, 9.17) is 0 Å². The maximum absolute atomic E-state index is 12.1. The molecule has 0 aliphatic rings. The SMILES string of the molecule is CCC(CC)CNS(=O)(=O)c1cc(CNC)cs1. The first-order chi connectivity index (χ1) is 8.53. The van der Waals surface area contributed by atoms with Crippen molar-refractivity contribution in [2.75, 3.05) is 13.6 Å². The first-order valence-electron chi connectivity index (χ1n) is 6.25. The Bertz CT molecular complexity index is 450. The molecule has 0 aliphatic heterocycles. The highest BCUT2D eigenvalue weighted by Gasteiger charge is 2.17. The summed E-state index contributed by atoms with van der Waals surface area (Å²) in [5.41, 5.74) is 1.01. The maximum Gasteiger partial charge on any atom is 0.250 e. The molecule has 1 heterocycles. The summed E-state index contributed by atoms with van der Waals surface area (Å²) in [4.78, 5) is 0. The quantitative estimate of drug-likeness (QED) is 0.771. The van der Waals surface area contributed by atoms with E-state index in [9.17, 15) is 8.42 Å². The Hall–Kier alpha value is -0.430. The summed E-state index contributed by atoms with van der Waals surface area (Å²) in [5.74, 6) is 0.413. The monoisotopic (exact) mass is 290 g/mol. The topological polar surface area (TPSA) is 58.2 Å². The predicted molar refractivity (Wildman–Crippen MR) is 76.3 cm³/mol. The Balaban J connectivity index is 2.67. The summed E-state index contributed by atoms with van der Waals surface area (Å²) in [6, 6.07) is 1.73. The molecule has 18 heavy (non-hydrogen) atoms. The number of thiophene rings is 1. The average Bonchev–Trinajstić information content (AvgIpc) is 2.80. The second-order valence-corrected chi connectivity index (χ2v) is 7.24. The lowest BCUT2D eigenvalue weighted by molar-refractivity contribution is 0.479. The van der Waals surface area contributed by atoms with Crippen LogP contribution in [0.25, 0.3) is 0 Å². The summed E-state index contributed by atoms with van der Waals surface area (Å²) in [5, 5.41) is 4.89. The third-order valence-electron chi connectivity index (χ3n) is 2.99. The maximum atomic E-state index is 12.1. The number of nitrogens with one attached hydrogen (secondary N) is 2. The summed E-state index contributed by atoms with van der Waals surface area (Å²) >= 11 is 1.27. The molecule has 0 saturated carbocycles. The van der Waals surface area contributed by atoms with Crippen LogP contribution in [-0.2, 0) is 16.6 Å². The van der Waals surface area contributed by atoms with E-state index in [1.165, 1.54) is 11.3 Å². The minimum atomic E-state index is -3.33. The van der Waals surface area contributed by atoms with Crippen molar-refractivity contribution in [1.82, 2.24) is 10.0 Å². The molecule has 1 rings (SSSR count). The number of sulfonamides is 1. The summed E-state index contributed by atoms with van der Waals surface area (Å²) < 4.78 is 27.2. The van der Waals surface area contributed by atoms with E-state index >= 15 is 0 Å². The molecule has 0 amide bonds. The Morgan fingerprint density at radius 3 is 2.56 bits per heavy atom. The van der Waals surface area contributed by atoms with Crippen molar-refractivity contribution < 1.29 is 8.42 Å². The number of rotatable bonds is 8. The van der Waals surface area contributed by atoms with Crippen LogP contribution in [0.15, 0.2) is 15.7 Å². The second-order valence-electron chi connectivity index (χ2n) is 4.34. The number of hydrogen-bond donors (Lipinski definition) is 2. The van der Waals surface area contributed by atoms with Crippen molar-refractivity contribution in [3.05, 3.63) is 17.0 Å². The van der Waals surface area contributed by atoms with Crippen LogP contribution in [0.4, 0.5) is 0 Å². The van der Waals surface area contributed by atoms with Gasteiger partial charge in [-0.3, -0.25) is 0 Å². The molecule has 0 unspecified atom stereocenters. The van der Waals surface area contributed by atoms with E-state index < -0.39 is 10.0 Å². The van der Waals surface area contributed by atoms with Crippen LogP contribution in [0, 0.1) is 5.92 Å². The van der Waals surface area contributed by atoms with Gasteiger partial charge < -0.3 is 5.32 Å². The summed E-state index contributed by atoms with van der Waals surface area (Å²) in [7, 11) is -1.49. The van der Waals surface area contributed by atoms with Gasteiger partial charge in [0, 0.05) is 13.1 Å². The van der Waals surface area contributed by atoms with E-state index in [0.29, 0.717) is 23.2 Å². The predicted octanol–water partition coefficient (Wildman–Crippen LogP) is 2.18. The molecule has 0 fully saturated rings. The molecule has 2 N–H and O–H groups in total. The number of hydrogen-bond acceptors (Lipinski definition) is 4. The summed E-state index contributed by atoms with van der Waals surface area (Å²) in [6.07, 6.45) is 1.99. The molecular weight excluding hydrogens is 268 g/mol. The lowest BCUT2D eigenvalue weighted by Gasteiger charge is -2.12. The first-order valence-corrected chi connectivity index (χ1v) is 8.61. The molecule has 0 bridgehead atoms. The van der Waals surface area contributed by atoms with Crippen LogP contribution in [0.1, 0.15) is 32.3 Å². The van der Waals surface area contributed by atoms with E-state index in [-0.39, 0.29) is 0 Å². The second kappa shape index (κ2) is 7.23. The Kier molecular flexibility index (Phi) is 6.28. The van der Waals surface area contributed by atoms with Crippen molar-refractivity contribution in [3.8, 4) is 0 Å². The highest BCUT2D eigenvalue weighted by atomic mass is 32.2. The fourth-order valence-corrected chi connectivity index (χ4v) is 4.04. The fourth-order valence-electron chi connectivity index (χ4n) is 1.67. The van der Waals surface area contributed by atoms with Gasteiger partial charge in [-0.1, -0.05) is 26.7 Å². The first kappa shape index (κ1) is 15.6. The molecule has 104 valence electrons. The zero-order valence-electron chi connectivity index (χ0n) is 11.2. The lowest BCUT2D eigenvalue weighted by atomic mass is 10.0. The largest absolute Gasteiger partial charge is 0.316 e. The zero-order valence-corrected chi connectivity index (χ0v) is 12.8.